The van der Waals surface area contributed by atoms with Crippen LogP contribution < -0.4 is 15.1 Å². The summed E-state index contributed by atoms with van der Waals surface area (Å²) in [5.41, 5.74) is 10.3. The molecule has 0 saturated carbocycles. The van der Waals surface area contributed by atoms with Crippen molar-refractivity contribution < 1.29 is 41.2 Å². The number of aryl methyl sites for hydroxylation is 2. The second-order valence-electron chi connectivity index (χ2n) is 20.1. The number of piperidine rings is 2. The first-order valence-corrected chi connectivity index (χ1v) is 26.8. The van der Waals surface area contributed by atoms with Gasteiger partial charge < -0.3 is 19.5 Å². The Hall–Kier alpha value is -9.20. The molecule has 2 aliphatic heterocycles. The molecule has 0 unspecified atom stereocenters. The molecule has 0 spiro atoms. The lowest BCUT2D eigenvalue weighted by Gasteiger charge is -2.33. The van der Waals surface area contributed by atoms with Crippen LogP contribution in [0, 0.1) is 0 Å². The van der Waals surface area contributed by atoms with Crippen LogP contribution in [-0.4, -0.2) is 102 Å². The van der Waals surface area contributed by atoms with E-state index in [9.17, 15) is 36.7 Å². The van der Waals surface area contributed by atoms with Gasteiger partial charge in [0.15, 0.2) is 5.78 Å². The summed E-state index contributed by atoms with van der Waals surface area (Å²) in [7, 11) is 3.83. The highest BCUT2D eigenvalue weighted by molar-refractivity contribution is 6.00. The quantitative estimate of drug-likeness (QED) is 0.0823. The van der Waals surface area contributed by atoms with E-state index in [4.69, 9.17) is 4.42 Å². The number of anilines is 2. The molecule has 6 aromatic carbocycles. The molecule has 0 atom stereocenters. The van der Waals surface area contributed by atoms with E-state index in [-0.39, 0.29) is 30.1 Å². The molecule has 3 aromatic heterocycles. The average Bonchev–Trinajstić information content (AvgIpc) is 4.32. The molecular formula is C61H59F4N11O5. The molecule has 20 heteroatoms. The number of likely N-dealkylation sites (tertiary alicyclic amines) is 2. The Morgan fingerprint density at radius 3 is 1.41 bits per heavy atom. The van der Waals surface area contributed by atoms with E-state index in [0.29, 0.717) is 25.2 Å². The van der Waals surface area contributed by atoms with E-state index < -0.39 is 37.0 Å². The maximum atomic E-state index is 13.7. The number of hydrogen-bond donors (Lipinski definition) is 1. The van der Waals surface area contributed by atoms with Gasteiger partial charge in [-0.25, -0.2) is 9.59 Å². The number of aromatic nitrogens is 6. The predicted molar refractivity (Wildman–Crippen MR) is 301 cm³/mol. The van der Waals surface area contributed by atoms with Gasteiger partial charge in [0.2, 0.25) is 5.89 Å². The summed E-state index contributed by atoms with van der Waals surface area (Å²) in [5, 5.41) is 19.8. The van der Waals surface area contributed by atoms with Crippen LogP contribution in [0.2, 0.25) is 0 Å². The van der Waals surface area contributed by atoms with Gasteiger partial charge in [0.1, 0.15) is 0 Å². The van der Waals surface area contributed by atoms with Gasteiger partial charge in [-0.1, -0.05) is 84.9 Å². The third-order valence-electron chi connectivity index (χ3n) is 14.6. The van der Waals surface area contributed by atoms with Crippen LogP contribution in [-0.2, 0) is 32.0 Å². The van der Waals surface area contributed by atoms with Gasteiger partial charge in [-0.2, -0.15) is 27.8 Å². The van der Waals surface area contributed by atoms with E-state index in [2.05, 4.69) is 50.7 Å². The number of fused-ring (bicyclic) bond motifs is 2. The lowest BCUT2D eigenvalue weighted by atomic mass is 10.0. The minimum Gasteiger partial charge on any atom is -0.415 e. The topological polar surface area (TPSA) is 168 Å². The normalized spacial score (nSPS) is 13.6. The molecule has 0 aliphatic carbocycles. The third kappa shape index (κ3) is 13.0. The summed E-state index contributed by atoms with van der Waals surface area (Å²) < 4.78 is 59.2. The first-order valence-electron chi connectivity index (χ1n) is 26.8. The van der Waals surface area contributed by atoms with Gasteiger partial charge in [0, 0.05) is 73.5 Å². The minimum absolute atomic E-state index is 0.0306. The van der Waals surface area contributed by atoms with Crippen molar-refractivity contribution in [2.45, 2.75) is 64.5 Å². The number of carbonyl (C=O) groups excluding carboxylic acids is 4. The minimum atomic E-state index is -3.17. The SMILES string of the molecule is Cn1ncc2ccc(-c3ccc(N(Cc4ccc(-c5nnc(C(F)F)o5)cc4)C(=O)N4CCCCC4)cc3)cc21.Cn1ncc2ccc(-c3ccc(N(Cc4ccc(C(=O)CNC(=O)C(F)F)cc4)C(=O)N4CCCCC4)cc3)cc21. The number of urea groups is 2. The highest BCUT2D eigenvalue weighted by Gasteiger charge is 2.27. The molecule has 9 aromatic rings. The zero-order valence-corrected chi connectivity index (χ0v) is 44.7. The van der Waals surface area contributed by atoms with Gasteiger partial charge in [-0.15, -0.1) is 10.2 Å². The lowest BCUT2D eigenvalue weighted by Crippen LogP contribution is -2.45. The van der Waals surface area contributed by atoms with Crippen molar-refractivity contribution in [3.63, 3.8) is 0 Å². The predicted octanol–water partition coefficient (Wildman–Crippen LogP) is 12.3. The van der Waals surface area contributed by atoms with Crippen LogP contribution in [0.5, 0.6) is 0 Å². The van der Waals surface area contributed by atoms with Gasteiger partial charge in [-0.05, 0) is 120 Å². The van der Waals surface area contributed by atoms with Gasteiger partial charge in [-0.3, -0.25) is 28.8 Å². The molecule has 416 valence electrons. The number of alkyl halides is 4. The number of hydrogen-bond acceptors (Lipinski definition) is 9. The summed E-state index contributed by atoms with van der Waals surface area (Å²) in [6.07, 6.45) is 3.84. The molecule has 0 radical (unpaired) electrons. The number of benzene rings is 6. The number of halogens is 4. The highest BCUT2D eigenvalue weighted by Crippen LogP contribution is 2.32. The molecule has 11 rings (SSSR count). The molecule has 16 nitrogen and oxygen atoms in total. The number of nitrogens with zero attached hydrogens (tertiary/aromatic N) is 10. The zero-order chi connectivity index (χ0) is 56.6. The Kier molecular flexibility index (Phi) is 16.9. The van der Waals surface area contributed by atoms with Gasteiger partial charge in [0.25, 0.3) is 11.8 Å². The zero-order valence-electron chi connectivity index (χ0n) is 44.7. The molecule has 0 bridgehead atoms. The Labute approximate surface area is 464 Å². The van der Waals surface area contributed by atoms with Crippen LogP contribution in [0.4, 0.5) is 38.5 Å². The monoisotopic (exact) mass is 1100 g/mol. The van der Waals surface area contributed by atoms with Crippen molar-refractivity contribution in [1.82, 2.24) is 44.9 Å². The number of amides is 5. The molecule has 1 N–H and O–H groups in total. The fraction of sp³-hybridized carbons (Fsp3) is 0.279. The van der Waals surface area contributed by atoms with Crippen LogP contribution >= 0.6 is 0 Å². The second-order valence-corrected chi connectivity index (χ2v) is 20.1. The Bertz CT molecular complexity index is 3650. The van der Waals surface area contributed by atoms with Crippen LogP contribution in [0.15, 0.2) is 150 Å². The van der Waals surface area contributed by atoms with Crippen molar-refractivity contribution in [2.24, 2.45) is 14.1 Å². The van der Waals surface area contributed by atoms with E-state index in [0.717, 1.165) is 118 Å². The number of Topliss-reactive ketones (excluding diaryl/α,β-unsaturated/α-hetero) is 1. The maximum Gasteiger partial charge on any atom is 0.324 e. The maximum absolute atomic E-state index is 13.7. The van der Waals surface area contributed by atoms with Crippen molar-refractivity contribution in [2.75, 3.05) is 42.5 Å². The largest absolute Gasteiger partial charge is 0.415 e. The van der Waals surface area contributed by atoms with Crippen molar-refractivity contribution in [3.8, 4) is 33.7 Å². The number of ketones is 1. The van der Waals surface area contributed by atoms with Gasteiger partial charge in [0.05, 0.1) is 43.1 Å². The fourth-order valence-corrected chi connectivity index (χ4v) is 10.1. The van der Waals surface area contributed by atoms with E-state index in [1.165, 1.54) is 0 Å². The Morgan fingerprint density at radius 2 is 0.975 bits per heavy atom. The van der Waals surface area contributed by atoms with Crippen molar-refractivity contribution in [1.29, 1.82) is 0 Å². The standard InChI is InChI=1S/C31H31F2N5O3.C30H28F2N6O2/c1-36-27-17-24(9-10-25(27)18-35-36)22-11-13-26(14-12-22)38(31(41)37-15-3-2-4-16-37)20-21-5-7-23(8-6-21)28(39)19-34-30(40)29(32)33;1-36-26-17-23(9-10-24(26)18-33-36)21-11-13-25(14-12-21)38(30(39)37-15-3-2-4-16-37)19-20-5-7-22(8-6-20)28-34-35-29(40-28)27(31)32/h5-14,17-18,29H,2-4,15-16,19-20H2,1H3,(H,34,40);5-14,17-18,27H,2-4,15-16,19H2,1H3. The van der Waals surface area contributed by atoms with E-state index >= 15 is 0 Å². The summed E-state index contributed by atoms with van der Waals surface area (Å²) in [6.45, 7) is 3.00. The molecular weight excluding hydrogens is 1040 g/mol. The Morgan fingerprint density at radius 1 is 0.543 bits per heavy atom. The van der Waals surface area contributed by atoms with Gasteiger partial charge >= 0.3 is 24.9 Å². The van der Waals surface area contributed by atoms with E-state index in [1.54, 1.807) is 46.2 Å². The fourth-order valence-electron chi connectivity index (χ4n) is 10.1. The van der Waals surface area contributed by atoms with Crippen LogP contribution in [0.3, 0.4) is 0 Å². The van der Waals surface area contributed by atoms with E-state index in [1.807, 2.05) is 118 Å². The smallest absolute Gasteiger partial charge is 0.324 e. The summed E-state index contributed by atoms with van der Waals surface area (Å²) in [6, 6.07) is 42.0. The summed E-state index contributed by atoms with van der Waals surface area (Å²) in [4.78, 5) is 58.1. The second kappa shape index (κ2) is 24.9. The van der Waals surface area contributed by atoms with Crippen molar-refractivity contribution >= 4 is 56.9 Å². The third-order valence-corrected chi connectivity index (χ3v) is 14.6. The first-order chi connectivity index (χ1) is 39.3. The van der Waals surface area contributed by atoms with Crippen LogP contribution in [0.1, 0.15) is 72.3 Å². The number of nitrogens with one attached hydrogen (secondary N) is 1. The van der Waals surface area contributed by atoms with Crippen LogP contribution in [0.25, 0.3) is 55.5 Å². The molecule has 2 aliphatic rings. The molecule has 5 amide bonds. The summed E-state index contributed by atoms with van der Waals surface area (Å²) in [5.74, 6) is -2.64. The molecule has 2 fully saturated rings. The number of rotatable bonds is 14. The highest BCUT2D eigenvalue weighted by atomic mass is 19.3. The molecule has 2 saturated heterocycles. The first kappa shape index (κ1) is 55.1. The Balaban J connectivity index is 0.000000182. The number of carbonyl (C=O) groups is 4. The average molecular weight is 1100 g/mol. The molecule has 81 heavy (non-hydrogen) atoms. The van der Waals surface area contributed by atoms with Crippen molar-refractivity contribution in [3.05, 3.63) is 168 Å². The summed E-state index contributed by atoms with van der Waals surface area (Å²) >= 11 is 0. The lowest BCUT2D eigenvalue weighted by molar-refractivity contribution is -0.131. The molecule has 5 heterocycles.